The summed E-state index contributed by atoms with van der Waals surface area (Å²) in [4.78, 5) is 39.1. The molecule has 2 amide bonds. The molecule has 0 saturated carbocycles. The van der Waals surface area contributed by atoms with Crippen molar-refractivity contribution < 1.29 is 33.0 Å². The summed E-state index contributed by atoms with van der Waals surface area (Å²) in [6, 6.07) is 10.7. The van der Waals surface area contributed by atoms with E-state index in [0.717, 1.165) is 5.56 Å². The molecule has 1 saturated heterocycles. The molecule has 1 unspecified atom stereocenters. The third kappa shape index (κ3) is 6.24. The lowest BCUT2D eigenvalue weighted by molar-refractivity contribution is -0.160. The van der Waals surface area contributed by atoms with Crippen molar-refractivity contribution in [1.82, 2.24) is 10.2 Å². The largest absolute Gasteiger partial charge is 0.493 e. The number of ether oxygens (including phenoxy) is 3. The summed E-state index contributed by atoms with van der Waals surface area (Å²) in [5.74, 6) is -0.717. The lowest BCUT2D eigenvalue weighted by Gasteiger charge is -2.31. The number of nitrogens with one attached hydrogen (secondary N) is 1. The molecule has 8 nitrogen and oxygen atoms in total. The maximum Gasteiger partial charge on any atom is 0.309 e. The fourth-order valence-corrected chi connectivity index (χ4v) is 3.74. The first kappa shape index (κ1) is 25.0. The van der Waals surface area contributed by atoms with Gasteiger partial charge in [0.1, 0.15) is 5.82 Å². The van der Waals surface area contributed by atoms with E-state index in [-0.39, 0.29) is 12.5 Å². The fourth-order valence-electron chi connectivity index (χ4n) is 3.74. The molecule has 1 heterocycles. The molecule has 1 N–H and O–H groups in total. The van der Waals surface area contributed by atoms with Crippen molar-refractivity contribution in [3.05, 3.63) is 59.4 Å². The van der Waals surface area contributed by atoms with Crippen molar-refractivity contribution in [1.29, 1.82) is 0 Å². The molecule has 1 atom stereocenters. The Morgan fingerprint density at radius 1 is 1.03 bits per heavy atom. The second kappa shape index (κ2) is 11.5. The van der Waals surface area contributed by atoms with E-state index in [1.165, 1.54) is 38.3 Å². The van der Waals surface area contributed by atoms with Crippen LogP contribution in [0, 0.1) is 11.7 Å². The summed E-state index contributed by atoms with van der Waals surface area (Å²) in [5, 5.41) is 2.75. The minimum atomic E-state index is -0.952. The molecule has 34 heavy (non-hydrogen) atoms. The zero-order valence-electron chi connectivity index (χ0n) is 19.5. The highest BCUT2D eigenvalue weighted by Gasteiger charge is 2.30. The predicted octanol–water partition coefficient (Wildman–Crippen LogP) is 2.94. The van der Waals surface area contributed by atoms with Crippen LogP contribution in [0.4, 0.5) is 4.39 Å². The van der Waals surface area contributed by atoms with Gasteiger partial charge in [-0.15, -0.1) is 0 Å². The summed E-state index contributed by atoms with van der Waals surface area (Å²) in [6.07, 6.45) is -0.0798. The Bertz CT molecular complexity index is 1020. The monoisotopic (exact) mass is 472 g/mol. The van der Waals surface area contributed by atoms with Gasteiger partial charge in [0.15, 0.2) is 17.6 Å². The number of carbonyl (C=O) groups excluding carboxylic acids is 3. The van der Waals surface area contributed by atoms with Crippen LogP contribution < -0.4 is 14.8 Å². The molecule has 2 aromatic rings. The van der Waals surface area contributed by atoms with Crippen molar-refractivity contribution in [2.24, 2.45) is 5.92 Å². The number of methoxy groups -OCH3 is 2. The first-order chi connectivity index (χ1) is 16.3. The molecule has 0 aliphatic carbocycles. The van der Waals surface area contributed by atoms with Crippen molar-refractivity contribution in [3.63, 3.8) is 0 Å². The quantitative estimate of drug-likeness (QED) is 0.594. The Kier molecular flexibility index (Phi) is 8.45. The van der Waals surface area contributed by atoms with Gasteiger partial charge in [-0.2, -0.15) is 0 Å². The molecular formula is C25H29FN2O6. The van der Waals surface area contributed by atoms with Crippen molar-refractivity contribution in [3.8, 4) is 11.5 Å². The van der Waals surface area contributed by atoms with Gasteiger partial charge in [-0.1, -0.05) is 6.07 Å². The molecule has 9 heteroatoms. The number of carbonyl (C=O) groups is 3. The zero-order valence-corrected chi connectivity index (χ0v) is 19.5. The van der Waals surface area contributed by atoms with Crippen LogP contribution in [0.25, 0.3) is 0 Å². The summed E-state index contributed by atoms with van der Waals surface area (Å²) in [7, 11) is 3.08. The smallest absolute Gasteiger partial charge is 0.309 e. The normalized spacial score (nSPS) is 14.8. The van der Waals surface area contributed by atoms with Crippen molar-refractivity contribution in [2.45, 2.75) is 32.4 Å². The van der Waals surface area contributed by atoms with Crippen LogP contribution in [0.3, 0.4) is 0 Å². The van der Waals surface area contributed by atoms with Crippen molar-refractivity contribution >= 4 is 17.8 Å². The van der Waals surface area contributed by atoms with Crippen molar-refractivity contribution in [2.75, 3.05) is 27.3 Å². The summed E-state index contributed by atoms with van der Waals surface area (Å²) >= 11 is 0. The number of rotatable bonds is 8. The second-order valence-electron chi connectivity index (χ2n) is 8.06. The summed E-state index contributed by atoms with van der Waals surface area (Å²) < 4.78 is 28.9. The first-order valence-electron chi connectivity index (χ1n) is 11.1. The van der Waals surface area contributed by atoms with E-state index in [1.807, 2.05) is 0 Å². The van der Waals surface area contributed by atoms with Gasteiger partial charge in [0.05, 0.1) is 20.1 Å². The minimum absolute atomic E-state index is 0.199. The molecule has 0 radical (unpaired) electrons. The zero-order chi connectivity index (χ0) is 24.7. The molecule has 182 valence electrons. The third-order valence-corrected chi connectivity index (χ3v) is 5.78. The molecule has 0 spiro atoms. The van der Waals surface area contributed by atoms with Crippen LogP contribution in [0.15, 0.2) is 42.5 Å². The Hall–Kier alpha value is -3.62. The molecule has 1 aliphatic rings. The van der Waals surface area contributed by atoms with Gasteiger partial charge in [-0.3, -0.25) is 14.4 Å². The Balaban J connectivity index is 1.45. The number of esters is 1. The van der Waals surface area contributed by atoms with E-state index in [9.17, 15) is 18.8 Å². The number of hydrogen-bond donors (Lipinski definition) is 1. The number of halogens is 1. The van der Waals surface area contributed by atoms with Crippen LogP contribution in [0.5, 0.6) is 11.5 Å². The number of nitrogens with zero attached hydrogens (tertiary/aromatic N) is 1. The number of benzene rings is 2. The average molecular weight is 473 g/mol. The Morgan fingerprint density at radius 3 is 2.29 bits per heavy atom. The van der Waals surface area contributed by atoms with E-state index in [1.54, 1.807) is 30.2 Å². The minimum Gasteiger partial charge on any atom is -0.493 e. The van der Waals surface area contributed by atoms with Crippen LogP contribution in [-0.2, 0) is 20.9 Å². The molecule has 3 rings (SSSR count). The van der Waals surface area contributed by atoms with Gasteiger partial charge in [0.2, 0.25) is 0 Å². The lowest BCUT2D eigenvalue weighted by Crippen LogP contribution is -2.42. The van der Waals surface area contributed by atoms with Crippen LogP contribution in [-0.4, -0.2) is 56.1 Å². The van der Waals surface area contributed by atoms with E-state index in [2.05, 4.69) is 5.32 Å². The van der Waals surface area contributed by atoms with Gasteiger partial charge in [0, 0.05) is 25.2 Å². The molecule has 0 aromatic heterocycles. The van der Waals surface area contributed by atoms with Crippen LogP contribution >= 0.6 is 0 Å². The average Bonchev–Trinajstić information content (AvgIpc) is 2.87. The number of likely N-dealkylation sites (tertiary alicyclic amines) is 1. The van der Waals surface area contributed by atoms with Crippen LogP contribution in [0.1, 0.15) is 35.7 Å². The second-order valence-corrected chi connectivity index (χ2v) is 8.06. The first-order valence-corrected chi connectivity index (χ1v) is 11.1. The number of hydrogen-bond acceptors (Lipinski definition) is 6. The molecular weight excluding hydrogens is 443 g/mol. The van der Waals surface area contributed by atoms with Crippen LogP contribution in [0.2, 0.25) is 0 Å². The van der Waals surface area contributed by atoms with E-state index < -0.39 is 29.7 Å². The van der Waals surface area contributed by atoms with Gasteiger partial charge >= 0.3 is 5.97 Å². The Morgan fingerprint density at radius 2 is 1.68 bits per heavy atom. The highest BCUT2D eigenvalue weighted by Crippen LogP contribution is 2.27. The molecule has 1 fully saturated rings. The Labute approximate surface area is 198 Å². The van der Waals surface area contributed by atoms with Gasteiger partial charge in [0.25, 0.3) is 11.8 Å². The molecule has 1 aliphatic heterocycles. The lowest BCUT2D eigenvalue weighted by atomic mass is 9.96. The fraction of sp³-hybridized carbons (Fsp3) is 0.400. The summed E-state index contributed by atoms with van der Waals surface area (Å²) in [5.41, 5.74) is 1.21. The standard InChI is InChI=1S/C25H29FN2O6/c1-16(23(29)27-15-17-4-9-21(32-2)22(14-17)33-3)34-25(31)19-10-12-28(13-11-19)24(30)18-5-7-20(26)8-6-18/h4-9,14,16,19H,10-13,15H2,1-3H3,(H,27,29). The number of amides is 2. The molecule has 2 aromatic carbocycles. The van der Waals surface area contributed by atoms with E-state index in [0.29, 0.717) is 43.0 Å². The highest BCUT2D eigenvalue weighted by molar-refractivity contribution is 5.94. The number of piperidine rings is 1. The van der Waals surface area contributed by atoms with Gasteiger partial charge < -0.3 is 24.4 Å². The predicted molar refractivity (Wildman–Crippen MR) is 122 cm³/mol. The SMILES string of the molecule is COc1ccc(CNC(=O)C(C)OC(=O)C2CCN(C(=O)c3ccc(F)cc3)CC2)cc1OC. The van der Waals surface area contributed by atoms with E-state index >= 15 is 0 Å². The topological polar surface area (TPSA) is 94.2 Å². The maximum absolute atomic E-state index is 13.1. The third-order valence-electron chi connectivity index (χ3n) is 5.78. The maximum atomic E-state index is 13.1. The van der Waals surface area contributed by atoms with E-state index in [4.69, 9.17) is 14.2 Å². The molecule has 0 bridgehead atoms. The van der Waals surface area contributed by atoms with Gasteiger partial charge in [-0.25, -0.2) is 4.39 Å². The van der Waals surface area contributed by atoms with Gasteiger partial charge in [-0.05, 0) is 61.7 Å². The summed E-state index contributed by atoms with van der Waals surface area (Å²) in [6.45, 7) is 2.53. The highest BCUT2D eigenvalue weighted by atomic mass is 19.1.